The summed E-state index contributed by atoms with van der Waals surface area (Å²) in [5, 5.41) is 3.24. The molecule has 0 aromatic heterocycles. The van der Waals surface area contributed by atoms with Gasteiger partial charge < -0.3 is 15.0 Å². The number of ether oxygens (including phenoxy) is 1. The monoisotopic (exact) mass is 266 g/mol. The maximum atomic E-state index is 11.9. The number of thioether (sulfide) groups is 1. The van der Waals surface area contributed by atoms with Crippen LogP contribution in [-0.2, 0) is 4.79 Å². The molecule has 0 aliphatic carbocycles. The minimum Gasteiger partial charge on any atom is -0.497 e. The zero-order chi connectivity index (χ0) is 12.8. The van der Waals surface area contributed by atoms with Gasteiger partial charge >= 0.3 is 0 Å². The fraction of sp³-hybridized carbons (Fsp3) is 0.462. The Bertz CT molecular complexity index is 388. The van der Waals surface area contributed by atoms with Gasteiger partial charge in [0.1, 0.15) is 5.75 Å². The van der Waals surface area contributed by atoms with E-state index in [4.69, 9.17) is 4.74 Å². The van der Waals surface area contributed by atoms with Crippen LogP contribution in [0.1, 0.15) is 0 Å². The van der Waals surface area contributed by atoms with E-state index in [2.05, 4.69) is 5.32 Å². The van der Waals surface area contributed by atoms with E-state index in [0.717, 1.165) is 36.8 Å². The highest BCUT2D eigenvalue weighted by atomic mass is 32.2. The first-order valence-corrected chi connectivity index (χ1v) is 7.03. The van der Waals surface area contributed by atoms with Gasteiger partial charge in [-0.3, -0.25) is 4.79 Å². The van der Waals surface area contributed by atoms with Gasteiger partial charge in [0.2, 0.25) is 5.91 Å². The van der Waals surface area contributed by atoms with Crippen molar-refractivity contribution in [3.05, 3.63) is 24.3 Å². The van der Waals surface area contributed by atoms with Gasteiger partial charge in [0.15, 0.2) is 0 Å². The summed E-state index contributed by atoms with van der Waals surface area (Å²) in [5.41, 5.74) is 0. The lowest BCUT2D eigenvalue weighted by Crippen LogP contribution is -2.47. The molecule has 1 aliphatic heterocycles. The fourth-order valence-corrected chi connectivity index (χ4v) is 2.62. The van der Waals surface area contributed by atoms with E-state index in [0.29, 0.717) is 5.75 Å². The number of carbonyl (C=O) groups excluding carboxylic acids is 1. The van der Waals surface area contributed by atoms with E-state index >= 15 is 0 Å². The third-order valence-corrected chi connectivity index (χ3v) is 3.89. The molecule has 5 heteroatoms. The summed E-state index contributed by atoms with van der Waals surface area (Å²) >= 11 is 1.57. The molecule has 0 atom stereocenters. The molecule has 18 heavy (non-hydrogen) atoms. The average Bonchev–Trinajstić information content (AvgIpc) is 2.46. The number of amides is 1. The van der Waals surface area contributed by atoms with Crippen LogP contribution in [0, 0.1) is 0 Å². The van der Waals surface area contributed by atoms with Gasteiger partial charge in [0.25, 0.3) is 0 Å². The molecule has 1 amide bonds. The van der Waals surface area contributed by atoms with Gasteiger partial charge in [-0.1, -0.05) is 0 Å². The molecule has 0 spiro atoms. The third kappa shape index (κ3) is 3.65. The molecule has 1 aliphatic rings. The smallest absolute Gasteiger partial charge is 0.233 e. The summed E-state index contributed by atoms with van der Waals surface area (Å²) in [7, 11) is 1.65. The molecule has 98 valence electrons. The van der Waals surface area contributed by atoms with Crippen LogP contribution in [0.4, 0.5) is 0 Å². The van der Waals surface area contributed by atoms with E-state index in [9.17, 15) is 4.79 Å². The Morgan fingerprint density at radius 1 is 1.33 bits per heavy atom. The summed E-state index contributed by atoms with van der Waals surface area (Å²) in [5.74, 6) is 1.57. The highest BCUT2D eigenvalue weighted by Gasteiger charge is 2.15. The van der Waals surface area contributed by atoms with E-state index in [1.807, 2.05) is 29.2 Å². The molecule has 1 aromatic carbocycles. The highest BCUT2D eigenvalue weighted by molar-refractivity contribution is 8.00. The van der Waals surface area contributed by atoms with Crippen LogP contribution >= 0.6 is 11.8 Å². The molecule has 1 N–H and O–H groups in total. The molecular formula is C13H18N2O2S. The predicted octanol–water partition coefficient (Wildman–Crippen LogP) is 1.22. The van der Waals surface area contributed by atoms with Gasteiger partial charge in [0, 0.05) is 31.1 Å². The molecule has 4 nitrogen and oxygen atoms in total. The fourth-order valence-electron chi connectivity index (χ4n) is 1.82. The Morgan fingerprint density at radius 2 is 2.00 bits per heavy atom. The van der Waals surface area contributed by atoms with Gasteiger partial charge in [-0.2, -0.15) is 0 Å². The van der Waals surface area contributed by atoms with Crippen molar-refractivity contribution < 1.29 is 9.53 Å². The molecule has 1 aromatic rings. The second-order valence-electron chi connectivity index (χ2n) is 4.09. The molecule has 0 bridgehead atoms. The number of piperazine rings is 1. The first-order chi connectivity index (χ1) is 8.79. The average molecular weight is 266 g/mol. The van der Waals surface area contributed by atoms with Crippen LogP contribution in [0.5, 0.6) is 5.75 Å². The molecular weight excluding hydrogens is 248 g/mol. The predicted molar refractivity (Wildman–Crippen MR) is 73.2 cm³/mol. The van der Waals surface area contributed by atoms with Crippen LogP contribution in [0.25, 0.3) is 0 Å². The van der Waals surface area contributed by atoms with E-state index in [-0.39, 0.29) is 5.91 Å². The van der Waals surface area contributed by atoms with Crippen molar-refractivity contribution in [2.24, 2.45) is 0 Å². The Morgan fingerprint density at radius 3 is 2.61 bits per heavy atom. The van der Waals surface area contributed by atoms with Gasteiger partial charge in [0.05, 0.1) is 12.9 Å². The SMILES string of the molecule is COc1ccc(SCC(=O)N2CCNCC2)cc1. The largest absolute Gasteiger partial charge is 0.497 e. The lowest BCUT2D eigenvalue weighted by Gasteiger charge is -2.27. The summed E-state index contributed by atoms with van der Waals surface area (Å²) in [6, 6.07) is 7.79. The highest BCUT2D eigenvalue weighted by Crippen LogP contribution is 2.21. The topological polar surface area (TPSA) is 41.6 Å². The Balaban J connectivity index is 1.80. The van der Waals surface area contributed by atoms with Crippen LogP contribution in [-0.4, -0.2) is 49.8 Å². The van der Waals surface area contributed by atoms with Crippen molar-refractivity contribution in [3.8, 4) is 5.75 Å². The molecule has 1 fully saturated rings. The molecule has 0 saturated carbocycles. The summed E-state index contributed by atoms with van der Waals surface area (Å²) in [6.45, 7) is 3.45. The second kappa shape index (κ2) is 6.66. The Labute approximate surface area is 112 Å². The van der Waals surface area contributed by atoms with Crippen LogP contribution in [0.2, 0.25) is 0 Å². The second-order valence-corrected chi connectivity index (χ2v) is 5.14. The summed E-state index contributed by atoms with van der Waals surface area (Å²) in [4.78, 5) is 15.0. The Hall–Kier alpha value is -1.20. The number of carbonyl (C=O) groups is 1. The van der Waals surface area contributed by atoms with Crippen LogP contribution < -0.4 is 10.1 Å². The quantitative estimate of drug-likeness (QED) is 0.832. The summed E-state index contributed by atoms with van der Waals surface area (Å²) in [6.07, 6.45) is 0. The molecule has 1 saturated heterocycles. The zero-order valence-electron chi connectivity index (χ0n) is 10.5. The van der Waals surface area contributed by atoms with Gasteiger partial charge in [-0.25, -0.2) is 0 Å². The minimum atomic E-state index is 0.220. The summed E-state index contributed by atoms with van der Waals surface area (Å²) < 4.78 is 5.10. The van der Waals surface area contributed by atoms with E-state index in [1.54, 1.807) is 18.9 Å². The maximum absolute atomic E-state index is 11.9. The minimum absolute atomic E-state index is 0.220. The van der Waals surface area contributed by atoms with Crippen molar-refractivity contribution >= 4 is 17.7 Å². The first kappa shape index (κ1) is 13.2. The van der Waals surface area contributed by atoms with Crippen molar-refractivity contribution in [2.45, 2.75) is 4.90 Å². The molecule has 0 unspecified atom stereocenters. The van der Waals surface area contributed by atoms with Crippen molar-refractivity contribution in [2.75, 3.05) is 39.0 Å². The normalized spacial score (nSPS) is 15.5. The number of nitrogens with one attached hydrogen (secondary N) is 1. The number of rotatable bonds is 4. The van der Waals surface area contributed by atoms with Crippen molar-refractivity contribution in [3.63, 3.8) is 0 Å². The first-order valence-electron chi connectivity index (χ1n) is 6.05. The number of benzene rings is 1. The van der Waals surface area contributed by atoms with Crippen molar-refractivity contribution in [1.29, 1.82) is 0 Å². The standard InChI is InChI=1S/C13H18N2O2S/c1-17-11-2-4-12(5-3-11)18-10-13(16)15-8-6-14-7-9-15/h2-5,14H,6-10H2,1H3. The van der Waals surface area contributed by atoms with Crippen LogP contribution in [0.3, 0.4) is 0 Å². The number of hydrogen-bond donors (Lipinski definition) is 1. The van der Waals surface area contributed by atoms with Gasteiger partial charge in [-0.05, 0) is 24.3 Å². The molecule has 0 radical (unpaired) electrons. The molecule has 1 heterocycles. The lowest BCUT2D eigenvalue weighted by atomic mass is 10.3. The molecule has 2 rings (SSSR count). The Kier molecular flexibility index (Phi) is 4.90. The van der Waals surface area contributed by atoms with Gasteiger partial charge in [-0.15, -0.1) is 11.8 Å². The van der Waals surface area contributed by atoms with Crippen LogP contribution in [0.15, 0.2) is 29.2 Å². The number of nitrogens with zero attached hydrogens (tertiary/aromatic N) is 1. The number of methoxy groups -OCH3 is 1. The third-order valence-electron chi connectivity index (χ3n) is 2.89. The van der Waals surface area contributed by atoms with E-state index in [1.165, 1.54) is 0 Å². The zero-order valence-corrected chi connectivity index (χ0v) is 11.3. The van der Waals surface area contributed by atoms with E-state index < -0.39 is 0 Å². The maximum Gasteiger partial charge on any atom is 0.233 e. The number of hydrogen-bond acceptors (Lipinski definition) is 4. The van der Waals surface area contributed by atoms with Crippen molar-refractivity contribution in [1.82, 2.24) is 10.2 Å². The lowest BCUT2D eigenvalue weighted by molar-refractivity contribution is -0.128.